The third-order valence-corrected chi connectivity index (χ3v) is 4.82. The Hall–Kier alpha value is -2.55. The fourth-order valence-electron chi connectivity index (χ4n) is 2.68. The Bertz CT molecular complexity index is 1040. The fourth-order valence-corrected chi connectivity index (χ4v) is 3.60. The van der Waals surface area contributed by atoms with E-state index in [0.717, 1.165) is 35.6 Å². The molecule has 0 fully saturated rings. The van der Waals surface area contributed by atoms with Crippen molar-refractivity contribution in [2.45, 2.75) is 12.4 Å². The highest BCUT2D eigenvalue weighted by Crippen LogP contribution is 2.40. The number of thiophene rings is 1. The second-order valence-electron chi connectivity index (χ2n) is 5.82. The lowest BCUT2D eigenvalue weighted by Crippen LogP contribution is -2.14. The number of hydrogen-bond acceptors (Lipinski definition) is 2. The summed E-state index contributed by atoms with van der Waals surface area (Å²) in [5.41, 5.74) is -3.00. The van der Waals surface area contributed by atoms with Crippen molar-refractivity contribution in [2.75, 3.05) is 0 Å². The molecule has 142 valence electrons. The van der Waals surface area contributed by atoms with E-state index in [2.05, 4.69) is 0 Å². The third kappa shape index (κ3) is 3.78. The van der Waals surface area contributed by atoms with Gasteiger partial charge in [0.2, 0.25) is 0 Å². The number of halogens is 6. The summed E-state index contributed by atoms with van der Waals surface area (Å²) in [5, 5.41) is 1.22. The van der Waals surface area contributed by atoms with E-state index in [1.165, 1.54) is 35.5 Å². The summed E-state index contributed by atoms with van der Waals surface area (Å²) in [5.74, 6) is 0. The largest absolute Gasteiger partial charge is 0.417 e. The van der Waals surface area contributed by atoms with Crippen LogP contribution in [0.2, 0.25) is 0 Å². The van der Waals surface area contributed by atoms with Gasteiger partial charge in [0.05, 0.1) is 21.6 Å². The van der Waals surface area contributed by atoms with Gasteiger partial charge >= 0.3 is 12.4 Å². The van der Waals surface area contributed by atoms with Crippen molar-refractivity contribution in [1.82, 2.24) is 4.57 Å². The molecule has 3 aromatic rings. The zero-order chi connectivity index (χ0) is 20.0. The quantitative estimate of drug-likeness (QED) is 0.495. The molecular weight excluding hydrogens is 392 g/mol. The van der Waals surface area contributed by atoms with Crippen LogP contribution in [-0.2, 0) is 19.4 Å². The van der Waals surface area contributed by atoms with Crippen LogP contribution in [0.4, 0.5) is 26.3 Å². The summed E-state index contributed by atoms with van der Waals surface area (Å²) >= 11 is 0.750. The van der Waals surface area contributed by atoms with Gasteiger partial charge in [0.25, 0.3) is 0 Å². The van der Waals surface area contributed by atoms with Gasteiger partial charge in [-0.05, 0) is 29.1 Å². The van der Waals surface area contributed by atoms with Gasteiger partial charge in [-0.2, -0.15) is 26.3 Å². The maximum absolute atomic E-state index is 13.2. The van der Waals surface area contributed by atoms with Crippen LogP contribution in [0.1, 0.15) is 11.1 Å². The molecule has 0 saturated heterocycles. The lowest BCUT2D eigenvalue weighted by atomic mass is 10.0. The molecule has 0 aliphatic heterocycles. The molecule has 0 radical (unpaired) electrons. The number of pyridine rings is 1. The van der Waals surface area contributed by atoms with Crippen LogP contribution in [0.25, 0.3) is 21.6 Å². The molecule has 0 atom stereocenters. The highest BCUT2D eigenvalue weighted by Gasteiger charge is 2.35. The van der Waals surface area contributed by atoms with Crippen LogP contribution in [0, 0.1) is 0 Å². The summed E-state index contributed by atoms with van der Waals surface area (Å²) in [4.78, 5) is 12.5. The monoisotopic (exact) mass is 403 g/mol. The first kappa shape index (κ1) is 19.2. The first-order chi connectivity index (χ1) is 12.5. The van der Waals surface area contributed by atoms with Crippen LogP contribution in [0.3, 0.4) is 0 Å². The molecule has 0 aliphatic rings. The molecule has 0 spiro atoms. The number of aromatic nitrogens is 1. The second kappa shape index (κ2) is 6.56. The maximum atomic E-state index is 13.2. The molecule has 1 aromatic carbocycles. The van der Waals surface area contributed by atoms with E-state index in [4.69, 9.17) is 0 Å². The van der Waals surface area contributed by atoms with Crippen molar-refractivity contribution in [1.29, 1.82) is 0 Å². The molecule has 2 nitrogen and oxygen atoms in total. The molecule has 2 heterocycles. The van der Waals surface area contributed by atoms with E-state index >= 15 is 0 Å². The highest BCUT2D eigenvalue weighted by molar-refractivity contribution is 7.13. The summed E-state index contributed by atoms with van der Waals surface area (Å²) < 4.78 is 79.7. The minimum Gasteiger partial charge on any atom is -0.356 e. The second-order valence-corrected chi connectivity index (χ2v) is 6.74. The first-order valence-corrected chi connectivity index (χ1v) is 8.39. The van der Waals surface area contributed by atoms with E-state index in [-0.39, 0.29) is 21.6 Å². The van der Waals surface area contributed by atoms with Gasteiger partial charge in [0.15, 0.2) is 5.43 Å². The number of aryl methyl sites for hydroxylation is 1. The molecule has 9 heteroatoms. The third-order valence-electron chi connectivity index (χ3n) is 3.87. The van der Waals surface area contributed by atoms with Crippen LogP contribution >= 0.6 is 11.3 Å². The van der Waals surface area contributed by atoms with E-state index in [1.54, 1.807) is 0 Å². The minimum atomic E-state index is -4.65. The molecule has 0 N–H and O–H groups in total. The highest BCUT2D eigenvalue weighted by atomic mass is 32.1. The Morgan fingerprint density at radius 2 is 1.59 bits per heavy atom. The standard InChI is InChI=1S/C18H11F6NOS/c1-25-8-12(10-3-2-4-11(7-10)17(19,20)21)15(26)13(9-25)16-14(5-6-27-16)18(22,23)24/h2-9H,1H3. The van der Waals surface area contributed by atoms with Crippen molar-refractivity contribution in [2.24, 2.45) is 7.05 Å². The SMILES string of the molecule is Cn1cc(-c2cccc(C(F)(F)F)c2)c(=O)c(-c2sccc2C(F)(F)F)c1. The number of alkyl halides is 6. The van der Waals surface area contributed by atoms with Crippen LogP contribution in [0.15, 0.2) is 52.9 Å². The Labute approximate surface area is 153 Å². The number of benzene rings is 1. The first-order valence-electron chi connectivity index (χ1n) is 7.51. The predicted octanol–water partition coefficient (Wildman–Crippen LogP) is 5.82. The van der Waals surface area contributed by atoms with Crippen LogP contribution in [0.5, 0.6) is 0 Å². The van der Waals surface area contributed by atoms with Crippen molar-refractivity contribution in [3.63, 3.8) is 0 Å². The van der Waals surface area contributed by atoms with Crippen molar-refractivity contribution in [3.8, 4) is 21.6 Å². The lowest BCUT2D eigenvalue weighted by molar-refractivity contribution is -0.138. The van der Waals surface area contributed by atoms with Gasteiger partial charge in [0.1, 0.15) is 0 Å². The molecule has 0 bridgehead atoms. The van der Waals surface area contributed by atoms with Crippen molar-refractivity contribution in [3.05, 3.63) is 69.5 Å². The topological polar surface area (TPSA) is 22.0 Å². The fraction of sp³-hybridized carbons (Fsp3) is 0.167. The van der Waals surface area contributed by atoms with Gasteiger partial charge in [-0.3, -0.25) is 4.79 Å². The van der Waals surface area contributed by atoms with E-state index in [0.29, 0.717) is 0 Å². The van der Waals surface area contributed by atoms with Gasteiger partial charge in [-0.25, -0.2) is 0 Å². The normalized spacial score (nSPS) is 12.4. The molecular formula is C18H11F6NOS. The van der Waals surface area contributed by atoms with Crippen molar-refractivity contribution >= 4 is 11.3 Å². The number of nitrogens with zero attached hydrogens (tertiary/aromatic N) is 1. The molecule has 2 aromatic heterocycles. The van der Waals surface area contributed by atoms with E-state index in [9.17, 15) is 31.1 Å². The Morgan fingerprint density at radius 3 is 2.22 bits per heavy atom. The lowest BCUT2D eigenvalue weighted by Gasteiger charge is -2.12. The van der Waals surface area contributed by atoms with Gasteiger partial charge in [0, 0.05) is 25.0 Å². The van der Waals surface area contributed by atoms with Crippen LogP contribution in [-0.4, -0.2) is 4.57 Å². The zero-order valence-electron chi connectivity index (χ0n) is 13.7. The summed E-state index contributed by atoms with van der Waals surface area (Å²) in [7, 11) is 1.49. The average molecular weight is 403 g/mol. The average Bonchev–Trinajstić information content (AvgIpc) is 3.06. The van der Waals surface area contributed by atoms with Crippen molar-refractivity contribution < 1.29 is 26.3 Å². The van der Waals surface area contributed by atoms with Gasteiger partial charge in [-0.15, -0.1) is 11.3 Å². The molecule has 27 heavy (non-hydrogen) atoms. The Morgan fingerprint density at radius 1 is 0.926 bits per heavy atom. The number of rotatable bonds is 2. The van der Waals surface area contributed by atoms with E-state index < -0.39 is 28.9 Å². The van der Waals surface area contributed by atoms with Crippen LogP contribution < -0.4 is 5.43 Å². The van der Waals surface area contributed by atoms with E-state index in [1.807, 2.05) is 0 Å². The zero-order valence-corrected chi connectivity index (χ0v) is 14.5. The Kier molecular flexibility index (Phi) is 4.67. The molecule has 0 unspecified atom stereocenters. The summed E-state index contributed by atoms with van der Waals surface area (Å²) in [6.07, 6.45) is -6.72. The molecule has 0 saturated carbocycles. The smallest absolute Gasteiger partial charge is 0.356 e. The van der Waals surface area contributed by atoms with Gasteiger partial charge < -0.3 is 4.57 Å². The molecule has 3 rings (SSSR count). The molecule has 0 aliphatic carbocycles. The summed E-state index contributed by atoms with van der Waals surface area (Å²) in [6.45, 7) is 0. The predicted molar refractivity (Wildman–Crippen MR) is 90.4 cm³/mol. The Balaban J connectivity index is 2.23. The number of hydrogen-bond donors (Lipinski definition) is 0. The summed E-state index contributed by atoms with van der Waals surface area (Å²) in [6, 6.07) is 5.00. The minimum absolute atomic E-state index is 0.0163. The van der Waals surface area contributed by atoms with Gasteiger partial charge in [-0.1, -0.05) is 12.1 Å². The maximum Gasteiger partial charge on any atom is 0.417 e. The molecule has 0 amide bonds.